The third-order valence-electron chi connectivity index (χ3n) is 6.63. The smallest absolute Gasteiger partial charge is 0.160 e. The number of nitrogens with zero attached hydrogens (tertiary/aromatic N) is 4. The molecule has 9 nitrogen and oxygen atoms in total. The van der Waals surface area contributed by atoms with Crippen molar-refractivity contribution in [1.82, 2.24) is 5.32 Å². The topological polar surface area (TPSA) is 117 Å². The molecule has 2 aromatic rings. The molecule has 0 unspecified atom stereocenters. The van der Waals surface area contributed by atoms with Crippen LogP contribution in [0.25, 0.3) is 5.70 Å². The van der Waals surface area contributed by atoms with E-state index in [2.05, 4.69) is 40.0 Å². The molecule has 0 aromatic heterocycles. The molecule has 196 valence electrons. The molecule has 0 saturated carbocycles. The van der Waals surface area contributed by atoms with Crippen LogP contribution in [0.4, 0.5) is 5.69 Å². The van der Waals surface area contributed by atoms with Gasteiger partial charge in [-0.3, -0.25) is 0 Å². The Hall–Kier alpha value is -4.13. The van der Waals surface area contributed by atoms with Crippen molar-refractivity contribution in [2.24, 2.45) is 15.7 Å². The highest BCUT2D eigenvalue weighted by atomic mass is 16.5. The van der Waals surface area contributed by atoms with Crippen molar-refractivity contribution < 1.29 is 14.2 Å². The van der Waals surface area contributed by atoms with E-state index in [-0.39, 0.29) is 6.10 Å². The molecule has 9 heteroatoms. The summed E-state index contributed by atoms with van der Waals surface area (Å²) in [5, 5.41) is 13.1. The maximum atomic E-state index is 9.80. The predicted molar refractivity (Wildman–Crippen MR) is 148 cm³/mol. The number of anilines is 1. The summed E-state index contributed by atoms with van der Waals surface area (Å²) >= 11 is 0. The second kappa shape index (κ2) is 11.5. The second-order valence-corrected chi connectivity index (χ2v) is 9.44. The number of amidine groups is 2. The van der Waals surface area contributed by atoms with Gasteiger partial charge in [-0.1, -0.05) is 6.58 Å². The van der Waals surface area contributed by atoms with Gasteiger partial charge in [-0.2, -0.15) is 5.26 Å². The minimum absolute atomic E-state index is 0.0347. The van der Waals surface area contributed by atoms with Gasteiger partial charge in [0.15, 0.2) is 5.84 Å². The van der Waals surface area contributed by atoms with Crippen LogP contribution in [-0.2, 0) is 9.47 Å². The molecule has 3 aliphatic rings. The Bertz CT molecular complexity index is 1330. The molecule has 0 radical (unpaired) electrons. The lowest BCUT2D eigenvalue weighted by molar-refractivity contribution is 0.0254. The van der Waals surface area contributed by atoms with E-state index in [1.165, 1.54) is 0 Å². The van der Waals surface area contributed by atoms with Crippen LogP contribution in [0.3, 0.4) is 0 Å². The van der Waals surface area contributed by atoms with E-state index in [0.717, 1.165) is 50.4 Å². The number of hydrogen-bond acceptors (Lipinski definition) is 8. The van der Waals surface area contributed by atoms with Crippen molar-refractivity contribution in [2.45, 2.75) is 25.9 Å². The van der Waals surface area contributed by atoms with E-state index in [1.807, 2.05) is 25.1 Å². The number of nitrogens with one attached hydrogen (secondary N) is 1. The van der Waals surface area contributed by atoms with Gasteiger partial charge in [-0.15, -0.1) is 0 Å². The number of ether oxygens (including phenoxy) is 3. The predicted octanol–water partition coefficient (Wildman–Crippen LogP) is 3.56. The Kier molecular flexibility index (Phi) is 7.73. The molecule has 2 aromatic carbocycles. The summed E-state index contributed by atoms with van der Waals surface area (Å²) in [6.07, 6.45) is 1.64. The molecule has 0 atom stereocenters. The van der Waals surface area contributed by atoms with Crippen molar-refractivity contribution in [1.29, 1.82) is 5.26 Å². The van der Waals surface area contributed by atoms with Gasteiger partial charge in [0.2, 0.25) is 0 Å². The van der Waals surface area contributed by atoms with Gasteiger partial charge in [-0.05, 0) is 49.4 Å². The third-order valence-corrected chi connectivity index (χ3v) is 6.63. The third kappa shape index (κ3) is 5.72. The largest absolute Gasteiger partial charge is 0.489 e. The molecule has 0 amide bonds. The van der Waals surface area contributed by atoms with Crippen molar-refractivity contribution in [3.63, 3.8) is 0 Å². The Morgan fingerprint density at radius 2 is 1.84 bits per heavy atom. The lowest BCUT2D eigenvalue weighted by atomic mass is 10.1. The van der Waals surface area contributed by atoms with E-state index in [9.17, 15) is 5.26 Å². The summed E-state index contributed by atoms with van der Waals surface area (Å²) < 4.78 is 17.0. The Labute approximate surface area is 222 Å². The standard InChI is InChI=1S/C29H32N6O3/c1-19(2)32-29-27(33-28(34-29)20-3-6-23(7-4-20)35-11-15-37-16-12-35)26(31)21-5-8-25(22(17-21)18-30)38-24-9-13-36-14-10-24/h3-8,17,24H,1,9-16,31H2,2H3,(H,32,33,34)/b27-26+. The van der Waals surface area contributed by atoms with Crippen LogP contribution < -0.4 is 20.7 Å². The summed E-state index contributed by atoms with van der Waals surface area (Å²) in [6.45, 7) is 10.3. The summed E-state index contributed by atoms with van der Waals surface area (Å²) in [5.41, 5.74) is 11.3. The molecule has 0 bridgehead atoms. The summed E-state index contributed by atoms with van der Waals surface area (Å²) in [7, 11) is 0. The van der Waals surface area contributed by atoms with Crippen LogP contribution in [0.5, 0.6) is 5.75 Å². The van der Waals surface area contributed by atoms with E-state index in [1.54, 1.807) is 12.1 Å². The highest BCUT2D eigenvalue weighted by Crippen LogP contribution is 2.28. The molecular weight excluding hydrogens is 480 g/mol. The zero-order valence-corrected chi connectivity index (χ0v) is 21.6. The van der Waals surface area contributed by atoms with Crippen LogP contribution in [0.2, 0.25) is 0 Å². The minimum atomic E-state index is 0.0347. The molecule has 3 N–H and O–H groups in total. The lowest BCUT2D eigenvalue weighted by Crippen LogP contribution is -2.36. The van der Waals surface area contributed by atoms with Gasteiger partial charge in [0.1, 0.15) is 29.5 Å². The molecule has 3 aliphatic heterocycles. The van der Waals surface area contributed by atoms with Gasteiger partial charge in [0.25, 0.3) is 0 Å². The zero-order chi connectivity index (χ0) is 26.5. The molecule has 2 saturated heterocycles. The van der Waals surface area contributed by atoms with Crippen molar-refractivity contribution in [3.05, 3.63) is 77.1 Å². The molecule has 38 heavy (non-hydrogen) atoms. The molecule has 0 spiro atoms. The van der Waals surface area contributed by atoms with E-state index >= 15 is 0 Å². The summed E-state index contributed by atoms with van der Waals surface area (Å²) in [4.78, 5) is 11.7. The average Bonchev–Trinajstić information content (AvgIpc) is 3.37. The van der Waals surface area contributed by atoms with Crippen LogP contribution in [0.15, 0.2) is 70.4 Å². The molecule has 0 aliphatic carbocycles. The van der Waals surface area contributed by atoms with Gasteiger partial charge in [-0.25, -0.2) is 9.98 Å². The first-order chi connectivity index (χ1) is 18.5. The van der Waals surface area contributed by atoms with Gasteiger partial charge >= 0.3 is 0 Å². The Morgan fingerprint density at radius 1 is 1.13 bits per heavy atom. The Morgan fingerprint density at radius 3 is 2.53 bits per heavy atom. The number of nitriles is 1. The fraction of sp³-hybridized carbons (Fsp3) is 0.345. The monoisotopic (exact) mass is 512 g/mol. The van der Waals surface area contributed by atoms with Gasteiger partial charge in [0.05, 0.1) is 37.7 Å². The van der Waals surface area contributed by atoms with Crippen molar-refractivity contribution in [2.75, 3.05) is 44.4 Å². The highest BCUT2D eigenvalue weighted by Gasteiger charge is 2.24. The maximum absolute atomic E-state index is 9.80. The maximum Gasteiger partial charge on any atom is 0.160 e. The number of allylic oxidation sites excluding steroid dienone is 1. The fourth-order valence-corrected chi connectivity index (χ4v) is 4.61. The van der Waals surface area contributed by atoms with E-state index in [4.69, 9.17) is 24.9 Å². The minimum Gasteiger partial charge on any atom is -0.489 e. The molecule has 3 heterocycles. The number of rotatable bonds is 6. The normalized spacial score (nSPS) is 20.5. The van der Waals surface area contributed by atoms with Crippen molar-refractivity contribution in [3.8, 4) is 11.8 Å². The number of benzene rings is 2. The first-order valence-corrected chi connectivity index (χ1v) is 12.8. The first kappa shape index (κ1) is 25.5. The van der Waals surface area contributed by atoms with Gasteiger partial charge < -0.3 is 30.2 Å². The lowest BCUT2D eigenvalue weighted by Gasteiger charge is -2.28. The second-order valence-electron chi connectivity index (χ2n) is 9.44. The number of hydrogen-bond donors (Lipinski definition) is 2. The van der Waals surface area contributed by atoms with E-state index < -0.39 is 0 Å². The molecule has 5 rings (SSSR count). The number of morpholine rings is 1. The number of nitrogens with two attached hydrogens (primary N) is 1. The van der Waals surface area contributed by atoms with Crippen LogP contribution in [-0.4, -0.2) is 57.3 Å². The highest BCUT2D eigenvalue weighted by molar-refractivity contribution is 6.23. The number of aliphatic imine (C=N–C) groups is 2. The quantitative estimate of drug-likeness (QED) is 0.608. The molecular formula is C29H32N6O3. The van der Waals surface area contributed by atoms with Crippen LogP contribution in [0.1, 0.15) is 36.5 Å². The summed E-state index contributed by atoms with van der Waals surface area (Å²) in [6, 6.07) is 15.9. The van der Waals surface area contributed by atoms with Crippen LogP contribution >= 0.6 is 0 Å². The van der Waals surface area contributed by atoms with Crippen molar-refractivity contribution >= 4 is 23.1 Å². The fourth-order valence-electron chi connectivity index (χ4n) is 4.61. The molecule has 2 fully saturated rings. The first-order valence-electron chi connectivity index (χ1n) is 12.8. The average molecular weight is 513 g/mol. The van der Waals surface area contributed by atoms with E-state index in [0.29, 0.717) is 58.9 Å². The summed E-state index contributed by atoms with van der Waals surface area (Å²) in [5.74, 6) is 1.71. The van der Waals surface area contributed by atoms with Gasteiger partial charge in [0, 0.05) is 48.4 Å². The SMILES string of the molecule is C=C(C)/N=C1/NC(c2ccc(N3CCOCC3)cc2)=N/C1=C(/N)c1ccc(OC2CCOCC2)c(C#N)c1. The van der Waals surface area contributed by atoms with Crippen LogP contribution in [0, 0.1) is 11.3 Å². The Balaban J connectivity index is 1.44. The zero-order valence-electron chi connectivity index (χ0n) is 21.6.